The van der Waals surface area contributed by atoms with E-state index in [0.717, 1.165) is 54.6 Å². The molecule has 1 amide bonds. The molecular formula is C28H30F3N5O. The third kappa shape index (κ3) is 5.55. The summed E-state index contributed by atoms with van der Waals surface area (Å²) in [6.45, 7) is 5.60. The monoisotopic (exact) mass is 509 g/mol. The highest BCUT2D eigenvalue weighted by molar-refractivity contribution is 5.79. The molecule has 2 aliphatic rings. The van der Waals surface area contributed by atoms with E-state index in [-0.39, 0.29) is 11.8 Å². The summed E-state index contributed by atoms with van der Waals surface area (Å²) in [5, 5.41) is 8.87. The predicted molar refractivity (Wildman–Crippen MR) is 137 cm³/mol. The zero-order valence-corrected chi connectivity index (χ0v) is 20.8. The van der Waals surface area contributed by atoms with Gasteiger partial charge in [-0.05, 0) is 55.7 Å². The second kappa shape index (κ2) is 10.4. The van der Waals surface area contributed by atoms with Crippen LogP contribution in [0.1, 0.15) is 24.0 Å². The van der Waals surface area contributed by atoms with E-state index in [2.05, 4.69) is 28.1 Å². The van der Waals surface area contributed by atoms with E-state index < -0.39 is 11.7 Å². The summed E-state index contributed by atoms with van der Waals surface area (Å²) in [7, 11) is 0. The van der Waals surface area contributed by atoms with Crippen LogP contribution in [-0.4, -0.2) is 60.3 Å². The fraction of sp³-hybridized carbons (Fsp3) is 0.393. The largest absolute Gasteiger partial charge is 0.416 e. The molecule has 9 heteroatoms. The first kappa shape index (κ1) is 25.0. The van der Waals surface area contributed by atoms with E-state index in [9.17, 15) is 18.0 Å². The van der Waals surface area contributed by atoms with Gasteiger partial charge >= 0.3 is 6.18 Å². The molecular weight excluding hydrogens is 479 g/mol. The van der Waals surface area contributed by atoms with Gasteiger partial charge in [-0.25, -0.2) is 0 Å². The third-order valence-electron chi connectivity index (χ3n) is 7.37. The zero-order valence-electron chi connectivity index (χ0n) is 20.8. The topological polar surface area (TPSA) is 52.6 Å². The maximum absolute atomic E-state index is 13.2. The second-order valence-corrected chi connectivity index (χ2v) is 9.71. The molecule has 5 rings (SSSR count). The van der Waals surface area contributed by atoms with Crippen LogP contribution in [0.3, 0.4) is 0 Å². The molecule has 194 valence electrons. The van der Waals surface area contributed by atoms with Crippen molar-refractivity contribution in [3.8, 4) is 11.3 Å². The Hall–Kier alpha value is -3.62. The maximum Gasteiger partial charge on any atom is 0.416 e. The van der Waals surface area contributed by atoms with Crippen molar-refractivity contribution >= 4 is 17.4 Å². The van der Waals surface area contributed by atoms with Crippen LogP contribution in [0.5, 0.6) is 0 Å². The number of carbonyl (C=O) groups excluding carboxylic acids is 1. The summed E-state index contributed by atoms with van der Waals surface area (Å²) >= 11 is 0. The number of hydrogen-bond acceptors (Lipinski definition) is 5. The minimum atomic E-state index is -4.36. The van der Waals surface area contributed by atoms with Gasteiger partial charge in [0.1, 0.15) is 0 Å². The minimum Gasteiger partial charge on any atom is -0.368 e. The van der Waals surface area contributed by atoms with Gasteiger partial charge < -0.3 is 14.7 Å². The van der Waals surface area contributed by atoms with Crippen LogP contribution in [0.4, 0.5) is 24.7 Å². The lowest BCUT2D eigenvalue weighted by Gasteiger charge is -2.39. The van der Waals surface area contributed by atoms with Gasteiger partial charge in [-0.1, -0.05) is 30.3 Å². The van der Waals surface area contributed by atoms with Crippen LogP contribution in [0, 0.1) is 12.8 Å². The van der Waals surface area contributed by atoms with Crippen molar-refractivity contribution in [2.45, 2.75) is 25.9 Å². The van der Waals surface area contributed by atoms with Crippen LogP contribution < -0.4 is 9.80 Å². The highest BCUT2D eigenvalue weighted by atomic mass is 19.4. The van der Waals surface area contributed by atoms with Crippen molar-refractivity contribution in [3.63, 3.8) is 0 Å². The summed E-state index contributed by atoms with van der Waals surface area (Å²) in [5.41, 5.74) is 2.96. The number of alkyl halides is 3. The molecule has 2 fully saturated rings. The fourth-order valence-electron chi connectivity index (χ4n) is 5.18. The molecule has 3 heterocycles. The third-order valence-corrected chi connectivity index (χ3v) is 7.37. The highest BCUT2D eigenvalue weighted by Gasteiger charge is 2.33. The Morgan fingerprint density at radius 3 is 2.22 bits per heavy atom. The van der Waals surface area contributed by atoms with Crippen LogP contribution in [0.2, 0.25) is 0 Å². The van der Waals surface area contributed by atoms with Crippen molar-refractivity contribution in [1.29, 1.82) is 0 Å². The number of anilines is 2. The lowest BCUT2D eigenvalue weighted by atomic mass is 9.95. The average molecular weight is 510 g/mol. The molecule has 0 atom stereocenters. The number of nitrogens with zero attached hydrogens (tertiary/aromatic N) is 5. The lowest BCUT2D eigenvalue weighted by Crippen LogP contribution is -2.51. The molecule has 0 bridgehead atoms. The number of aromatic nitrogens is 2. The second-order valence-electron chi connectivity index (χ2n) is 9.71. The number of aryl methyl sites for hydroxylation is 1. The molecule has 0 radical (unpaired) electrons. The molecule has 2 aromatic carbocycles. The highest BCUT2D eigenvalue weighted by Crippen LogP contribution is 2.32. The number of benzene rings is 2. The Bertz CT molecular complexity index is 1230. The van der Waals surface area contributed by atoms with Gasteiger partial charge in [0, 0.05) is 56.4 Å². The standard InChI is InChI=1S/C28H30F3N5O/c1-20-5-2-3-8-24(20)25-9-10-26(33-32-25)35-13-11-21(12-14-35)27(37)36-17-15-34(16-18-36)23-7-4-6-22(19-23)28(29,30)31/h2-10,19,21H,11-18H2,1H3. The van der Waals surface area contributed by atoms with Crippen molar-refractivity contribution in [1.82, 2.24) is 15.1 Å². The number of piperazine rings is 1. The first-order valence-corrected chi connectivity index (χ1v) is 12.7. The molecule has 37 heavy (non-hydrogen) atoms. The van der Waals surface area contributed by atoms with Gasteiger partial charge in [-0.3, -0.25) is 4.79 Å². The summed E-state index contributed by atoms with van der Waals surface area (Å²) in [4.78, 5) is 19.1. The van der Waals surface area contributed by atoms with E-state index in [1.165, 1.54) is 12.1 Å². The number of halogens is 3. The predicted octanol–water partition coefficient (Wildman–Crippen LogP) is 5.04. The number of rotatable bonds is 4. The van der Waals surface area contributed by atoms with Crippen LogP contribution in [-0.2, 0) is 11.0 Å². The zero-order chi connectivity index (χ0) is 26.0. The van der Waals surface area contributed by atoms with Gasteiger partial charge in [0.05, 0.1) is 11.3 Å². The first-order chi connectivity index (χ1) is 17.8. The molecule has 3 aromatic rings. The lowest BCUT2D eigenvalue weighted by molar-refractivity contribution is -0.137. The Balaban J connectivity index is 1.13. The van der Waals surface area contributed by atoms with E-state index in [1.54, 1.807) is 6.07 Å². The van der Waals surface area contributed by atoms with Gasteiger partial charge in [-0.2, -0.15) is 13.2 Å². The van der Waals surface area contributed by atoms with Gasteiger partial charge in [0.15, 0.2) is 5.82 Å². The number of hydrogen-bond donors (Lipinski definition) is 0. The molecule has 6 nitrogen and oxygen atoms in total. The molecule has 0 unspecified atom stereocenters. The first-order valence-electron chi connectivity index (χ1n) is 12.7. The quantitative estimate of drug-likeness (QED) is 0.494. The maximum atomic E-state index is 13.2. The minimum absolute atomic E-state index is 0.0458. The molecule has 0 spiro atoms. The number of piperidine rings is 1. The van der Waals surface area contributed by atoms with Gasteiger partial charge in [-0.15, -0.1) is 10.2 Å². The molecule has 0 aliphatic carbocycles. The van der Waals surface area contributed by atoms with Gasteiger partial charge in [0.25, 0.3) is 0 Å². The Morgan fingerprint density at radius 2 is 1.57 bits per heavy atom. The van der Waals surface area contributed by atoms with Crippen molar-refractivity contribution in [3.05, 3.63) is 71.8 Å². The summed E-state index contributed by atoms with van der Waals surface area (Å²) in [6.07, 6.45) is -2.88. The van der Waals surface area contributed by atoms with Crippen molar-refractivity contribution < 1.29 is 18.0 Å². The van der Waals surface area contributed by atoms with Crippen LogP contribution >= 0.6 is 0 Å². The Morgan fingerprint density at radius 1 is 0.838 bits per heavy atom. The SMILES string of the molecule is Cc1ccccc1-c1ccc(N2CCC(C(=O)N3CCN(c4cccc(C(F)(F)F)c4)CC3)CC2)nn1. The molecule has 2 saturated heterocycles. The molecule has 0 saturated carbocycles. The summed E-state index contributed by atoms with van der Waals surface area (Å²) in [6, 6.07) is 17.5. The smallest absolute Gasteiger partial charge is 0.368 e. The Kier molecular flexibility index (Phi) is 7.04. The summed E-state index contributed by atoms with van der Waals surface area (Å²) < 4.78 is 39.2. The summed E-state index contributed by atoms with van der Waals surface area (Å²) in [5.74, 6) is 0.915. The normalized spacial score (nSPS) is 17.2. The molecule has 0 N–H and O–H groups in total. The number of carbonyl (C=O) groups is 1. The fourth-order valence-corrected chi connectivity index (χ4v) is 5.18. The van der Waals surface area contributed by atoms with Gasteiger partial charge in [0.2, 0.25) is 5.91 Å². The molecule has 1 aromatic heterocycles. The van der Waals surface area contributed by atoms with Crippen LogP contribution in [0.15, 0.2) is 60.7 Å². The average Bonchev–Trinajstić information content (AvgIpc) is 2.93. The van der Waals surface area contributed by atoms with E-state index in [1.807, 2.05) is 40.1 Å². The number of amides is 1. The van der Waals surface area contributed by atoms with E-state index in [4.69, 9.17) is 0 Å². The van der Waals surface area contributed by atoms with Crippen molar-refractivity contribution in [2.24, 2.45) is 5.92 Å². The van der Waals surface area contributed by atoms with Crippen LogP contribution in [0.25, 0.3) is 11.3 Å². The van der Waals surface area contributed by atoms with E-state index in [0.29, 0.717) is 31.9 Å². The Labute approximate surface area is 214 Å². The molecule has 2 aliphatic heterocycles. The van der Waals surface area contributed by atoms with Crippen molar-refractivity contribution in [2.75, 3.05) is 49.1 Å². The van der Waals surface area contributed by atoms with E-state index >= 15 is 0 Å².